The first-order chi connectivity index (χ1) is 42.6. The maximum Gasteiger partial charge on any atom is 0.255 e. The Labute approximate surface area is 512 Å². The highest BCUT2D eigenvalue weighted by molar-refractivity contribution is 7.92. The molecule has 1 atom stereocenters. The normalized spacial score (nSPS) is 13.8. The van der Waals surface area contributed by atoms with Crippen molar-refractivity contribution in [1.29, 1.82) is 0 Å². The Morgan fingerprint density at radius 1 is 0.663 bits per heavy atom. The number of carbonyl (C=O) groups excluding carboxylic acids is 2. The third kappa shape index (κ3) is 9.51. The lowest BCUT2D eigenvalue weighted by atomic mass is 9.94. The first-order valence-corrected chi connectivity index (χ1v) is 32.9. The lowest BCUT2D eigenvalue weighted by Crippen LogP contribution is -2.25. The molecule has 0 spiro atoms. The zero-order valence-corrected chi connectivity index (χ0v) is 51.4. The van der Waals surface area contributed by atoms with Crippen molar-refractivity contribution < 1.29 is 48.4 Å². The molecule has 450 valence electrons. The predicted molar refractivity (Wildman–Crippen MR) is 340 cm³/mol. The molecule has 2 aliphatic rings. The van der Waals surface area contributed by atoms with E-state index < -0.39 is 43.5 Å². The molecule has 0 saturated carbocycles. The number of aromatic nitrogens is 5. The smallest absolute Gasteiger partial charge is 0.255 e. The molecule has 89 heavy (non-hydrogen) atoms. The van der Waals surface area contributed by atoms with Crippen molar-refractivity contribution in [3.8, 4) is 67.1 Å². The Morgan fingerprint density at radius 3 is 1.98 bits per heavy atom. The van der Waals surface area contributed by atoms with E-state index in [0.717, 1.165) is 54.7 Å². The molecule has 12 aromatic rings. The fraction of sp³-hybridized carbons (Fsp3) is 0.197. The summed E-state index contributed by atoms with van der Waals surface area (Å²) in [6.45, 7) is 2.68. The predicted octanol–water partition coefficient (Wildman–Crippen LogP) is 12.7. The summed E-state index contributed by atoms with van der Waals surface area (Å²) in [5.74, 6) is -1.78. The summed E-state index contributed by atoms with van der Waals surface area (Å²) in [5, 5.41) is 7.75. The number of sulfonamides is 2. The van der Waals surface area contributed by atoms with Crippen LogP contribution in [0.2, 0.25) is 0 Å². The standard InChI is InChI=1S/C66H54F3N9O8S3/c1-33-21-37-31-72-49(43-25-44-56(30-52(43)76(5)89(7,83)84)85-63(60(44)65(79)70-2)36-12-15-38(67)16-13-36)26-39(37)54-27-41-47(69)22-34(23-53(41)78(33)54)11-18-59-73-32-58(87-59)64-61(66(80)71-3)45-24-42(51(29-57(45)86-64)75(4)88(6,81)82)48-17-14-35-19-20-77-50-10-8-9-46(68)40(50)28-55(77)62(35)74-48/h8-10,12-17,22-33H,11,18-21H2,1-7H3,(H,70,79)(H,71,80). The summed E-state index contributed by atoms with van der Waals surface area (Å²) in [6, 6.07) is 29.6. The van der Waals surface area contributed by atoms with Gasteiger partial charge in [0.1, 0.15) is 34.4 Å². The number of amides is 2. The molecule has 0 bridgehead atoms. The molecule has 5 aromatic carbocycles. The van der Waals surface area contributed by atoms with Crippen molar-refractivity contribution in [2.45, 2.75) is 45.2 Å². The monoisotopic (exact) mass is 1250 g/mol. The van der Waals surface area contributed by atoms with Crippen LogP contribution < -0.4 is 19.2 Å². The molecule has 23 heteroatoms. The molecular weight excluding hydrogens is 1200 g/mol. The summed E-state index contributed by atoms with van der Waals surface area (Å²) in [5.41, 5.74) is 10.2. The van der Waals surface area contributed by atoms with E-state index in [-0.39, 0.29) is 57.0 Å². The van der Waals surface area contributed by atoms with Gasteiger partial charge in [0.2, 0.25) is 20.0 Å². The van der Waals surface area contributed by atoms with Gasteiger partial charge in [-0.15, -0.1) is 11.3 Å². The van der Waals surface area contributed by atoms with Gasteiger partial charge in [-0.3, -0.25) is 23.2 Å². The van der Waals surface area contributed by atoms with Crippen LogP contribution in [0.15, 0.2) is 130 Å². The number of carbonyl (C=O) groups is 2. The van der Waals surface area contributed by atoms with Crippen LogP contribution in [0.25, 0.3) is 111 Å². The molecule has 0 radical (unpaired) electrons. The minimum Gasteiger partial charge on any atom is -0.455 e. The van der Waals surface area contributed by atoms with Crippen LogP contribution in [0.4, 0.5) is 24.5 Å². The minimum absolute atomic E-state index is 0.124. The van der Waals surface area contributed by atoms with Crippen molar-refractivity contribution in [1.82, 2.24) is 34.7 Å². The number of aryl methyl sites for hydroxylation is 4. The summed E-state index contributed by atoms with van der Waals surface area (Å²) >= 11 is 1.31. The van der Waals surface area contributed by atoms with Gasteiger partial charge in [0, 0.05) is 121 Å². The van der Waals surface area contributed by atoms with Gasteiger partial charge >= 0.3 is 0 Å². The molecule has 0 fully saturated rings. The van der Waals surface area contributed by atoms with Gasteiger partial charge in [-0.2, -0.15) is 0 Å². The maximum atomic E-state index is 16.7. The molecule has 2 N–H and O–H groups in total. The zero-order chi connectivity index (χ0) is 62.3. The largest absolute Gasteiger partial charge is 0.455 e. The van der Waals surface area contributed by atoms with E-state index in [1.54, 1.807) is 48.8 Å². The number of hydrogen-bond donors (Lipinski definition) is 2. The number of halogens is 3. The molecule has 2 aliphatic heterocycles. The van der Waals surface area contributed by atoms with Gasteiger partial charge in [-0.1, -0.05) is 12.1 Å². The number of thiazole rings is 1. The highest BCUT2D eigenvalue weighted by Crippen LogP contribution is 2.47. The van der Waals surface area contributed by atoms with E-state index in [1.807, 2.05) is 41.0 Å². The van der Waals surface area contributed by atoms with E-state index in [2.05, 4.69) is 22.1 Å². The van der Waals surface area contributed by atoms with Crippen LogP contribution in [-0.2, 0) is 52.3 Å². The second-order valence-electron chi connectivity index (χ2n) is 22.6. The third-order valence-corrected chi connectivity index (χ3v) is 20.6. The SMILES string of the molecule is CNC(=O)c1c(-c2ccc(F)cc2)oc2cc(N(C)S(C)(=O)=O)c(-c3cc4c(cn3)CC(C)n3c-4cc4c(F)cc(CCc5ncc(-c6oc7cc(N(C)S(C)(=O)=O)c(-c8ccc9c(n8)-c8cc%10c(F)cccc%10n8CC9)cc7c6C(=O)NC)s5)cc43)cc12. The Morgan fingerprint density at radius 2 is 1.30 bits per heavy atom. The molecule has 0 saturated heterocycles. The summed E-state index contributed by atoms with van der Waals surface area (Å²) < 4.78 is 118. The lowest BCUT2D eigenvalue weighted by molar-refractivity contribution is 0.0956. The van der Waals surface area contributed by atoms with Crippen molar-refractivity contribution in [3.63, 3.8) is 0 Å². The molecule has 14 rings (SSSR count). The number of hydrogen-bond acceptors (Lipinski definition) is 12. The number of fused-ring (bicyclic) bond motifs is 12. The van der Waals surface area contributed by atoms with Gasteiger partial charge in [-0.25, -0.2) is 40.0 Å². The maximum absolute atomic E-state index is 16.7. The average molecular weight is 1250 g/mol. The second-order valence-corrected chi connectivity index (χ2v) is 27.7. The van der Waals surface area contributed by atoms with Crippen LogP contribution in [0.5, 0.6) is 0 Å². The van der Waals surface area contributed by atoms with Gasteiger partial charge in [0.25, 0.3) is 11.8 Å². The van der Waals surface area contributed by atoms with Crippen LogP contribution in [0, 0.1) is 17.5 Å². The number of rotatable bonds is 13. The number of anilines is 2. The highest BCUT2D eigenvalue weighted by Gasteiger charge is 2.32. The van der Waals surface area contributed by atoms with Crippen LogP contribution in [0.3, 0.4) is 0 Å². The van der Waals surface area contributed by atoms with E-state index in [4.69, 9.17) is 23.8 Å². The van der Waals surface area contributed by atoms with Crippen molar-refractivity contribution in [3.05, 3.63) is 172 Å². The number of furan rings is 2. The summed E-state index contributed by atoms with van der Waals surface area (Å²) in [7, 11) is -1.87. The number of nitrogens with zero attached hydrogens (tertiary/aromatic N) is 7. The zero-order valence-electron chi connectivity index (χ0n) is 48.9. The Kier molecular flexibility index (Phi) is 13.5. The Balaban J connectivity index is 0.799. The molecule has 0 aliphatic carbocycles. The molecule has 2 amide bonds. The van der Waals surface area contributed by atoms with Crippen LogP contribution in [0.1, 0.15) is 55.4 Å². The van der Waals surface area contributed by atoms with E-state index in [0.29, 0.717) is 109 Å². The highest BCUT2D eigenvalue weighted by atomic mass is 32.2. The lowest BCUT2D eigenvalue weighted by Gasteiger charge is -2.27. The van der Waals surface area contributed by atoms with Crippen LogP contribution in [-0.4, -0.2) is 93.4 Å². The van der Waals surface area contributed by atoms with Gasteiger partial charge in [0.15, 0.2) is 5.76 Å². The molecule has 9 heterocycles. The Bertz CT molecular complexity index is 5260. The fourth-order valence-corrected chi connectivity index (χ4v) is 14.5. The number of nitrogens with one attached hydrogen (secondary N) is 2. The molecule has 1 unspecified atom stereocenters. The van der Waals surface area contributed by atoms with Crippen molar-refractivity contribution in [2.75, 3.05) is 49.3 Å². The van der Waals surface area contributed by atoms with Gasteiger partial charge in [0.05, 0.1) is 78.7 Å². The summed E-state index contributed by atoms with van der Waals surface area (Å²) in [4.78, 5) is 43.0. The molecule has 17 nitrogen and oxygen atoms in total. The Hall–Kier alpha value is -9.58. The van der Waals surface area contributed by atoms with E-state index >= 15 is 8.78 Å². The number of pyridine rings is 2. The van der Waals surface area contributed by atoms with E-state index in [9.17, 15) is 30.8 Å². The average Bonchev–Trinajstić information content (AvgIpc) is 1.68. The fourth-order valence-electron chi connectivity index (χ4n) is 12.6. The van der Waals surface area contributed by atoms with Crippen molar-refractivity contribution >= 4 is 98.3 Å². The first-order valence-electron chi connectivity index (χ1n) is 28.4. The second kappa shape index (κ2) is 21.1. The molecule has 7 aromatic heterocycles. The summed E-state index contributed by atoms with van der Waals surface area (Å²) in [6.07, 6.45) is 7.52. The van der Waals surface area contributed by atoms with Crippen LogP contribution >= 0.6 is 11.3 Å². The molecular formula is C66H54F3N9O8S3. The number of benzene rings is 5. The first kappa shape index (κ1) is 57.2. The van der Waals surface area contributed by atoms with E-state index in [1.165, 1.54) is 75.9 Å². The third-order valence-electron chi connectivity index (χ3n) is 17.2. The minimum atomic E-state index is -3.86. The van der Waals surface area contributed by atoms with Crippen molar-refractivity contribution in [2.24, 2.45) is 0 Å². The quantitative estimate of drug-likeness (QED) is 0.111. The van der Waals surface area contributed by atoms with Gasteiger partial charge < -0.3 is 28.6 Å². The topological polar surface area (TPSA) is 208 Å². The van der Waals surface area contributed by atoms with Gasteiger partial charge in [-0.05, 0) is 128 Å².